The zero-order valence-corrected chi connectivity index (χ0v) is 20.4. The maximum Gasteiger partial charge on any atom is 0.490 e. The van der Waals surface area contributed by atoms with Crippen molar-refractivity contribution in [2.24, 2.45) is 5.41 Å². The van der Waals surface area contributed by atoms with Gasteiger partial charge in [-0.2, -0.15) is 26.3 Å². The number of nitrogens with zero attached hydrogens (tertiary/aromatic N) is 4. The van der Waals surface area contributed by atoms with Crippen LogP contribution in [0.25, 0.3) is 0 Å². The Balaban J connectivity index is 0.000000271. The van der Waals surface area contributed by atoms with E-state index < -0.39 is 24.3 Å². The zero-order valence-electron chi connectivity index (χ0n) is 18.8. The van der Waals surface area contributed by atoms with E-state index >= 15 is 0 Å². The van der Waals surface area contributed by atoms with Gasteiger partial charge in [-0.3, -0.25) is 9.80 Å². The Morgan fingerprint density at radius 2 is 1.17 bits per heavy atom. The van der Waals surface area contributed by atoms with Crippen LogP contribution in [0.5, 0.6) is 0 Å². The fourth-order valence-corrected chi connectivity index (χ4v) is 5.12. The van der Waals surface area contributed by atoms with Crippen LogP contribution in [0, 0.1) is 5.41 Å². The molecule has 0 atom stereocenters. The van der Waals surface area contributed by atoms with E-state index in [2.05, 4.69) is 30.5 Å². The Morgan fingerprint density at radius 1 is 0.806 bits per heavy atom. The molecule has 2 aromatic heterocycles. The summed E-state index contributed by atoms with van der Waals surface area (Å²) in [6.45, 7) is 7.04. The molecule has 0 unspecified atom stereocenters. The second-order valence-corrected chi connectivity index (χ2v) is 10.2. The summed E-state index contributed by atoms with van der Waals surface area (Å²) in [7, 11) is 0. The Kier molecular flexibility index (Phi) is 10.6. The maximum atomic E-state index is 10.6. The molecular weight excluding hydrogens is 538 g/mol. The van der Waals surface area contributed by atoms with Gasteiger partial charge in [0.25, 0.3) is 0 Å². The second-order valence-electron chi connectivity index (χ2n) is 8.19. The van der Waals surface area contributed by atoms with Gasteiger partial charge in [0.2, 0.25) is 0 Å². The number of likely N-dealkylation sites (tertiary alicyclic amines) is 2. The summed E-state index contributed by atoms with van der Waals surface area (Å²) in [5, 5.41) is 20.9. The molecule has 2 saturated heterocycles. The van der Waals surface area contributed by atoms with Crippen LogP contribution < -0.4 is 0 Å². The van der Waals surface area contributed by atoms with Crippen molar-refractivity contribution >= 4 is 34.6 Å². The lowest BCUT2D eigenvalue weighted by Crippen LogP contribution is -2.41. The molecule has 2 aliphatic heterocycles. The number of hydrogen-bond donors (Lipinski definition) is 2. The third kappa shape index (κ3) is 9.99. The highest BCUT2D eigenvalue weighted by Crippen LogP contribution is 2.41. The summed E-state index contributed by atoms with van der Waals surface area (Å²) in [5.41, 5.74) is 0.566. The molecule has 1 spiro atoms. The molecule has 0 amide bonds. The van der Waals surface area contributed by atoms with Crippen molar-refractivity contribution in [3.8, 4) is 0 Å². The van der Waals surface area contributed by atoms with Crippen molar-refractivity contribution in [2.45, 2.75) is 44.7 Å². The van der Waals surface area contributed by atoms with E-state index in [9.17, 15) is 26.3 Å². The Hall–Kier alpha value is -2.30. The summed E-state index contributed by atoms with van der Waals surface area (Å²) in [4.78, 5) is 31.8. The van der Waals surface area contributed by atoms with Crippen LogP contribution in [0.15, 0.2) is 23.2 Å². The molecule has 4 heterocycles. The number of carbonyl (C=O) groups is 2. The van der Waals surface area contributed by atoms with Gasteiger partial charge in [0.15, 0.2) is 0 Å². The minimum atomic E-state index is -5.08. The minimum absolute atomic E-state index is 0.566. The quantitative estimate of drug-likeness (QED) is 0.530. The van der Waals surface area contributed by atoms with Crippen molar-refractivity contribution in [3.63, 3.8) is 0 Å². The van der Waals surface area contributed by atoms with E-state index in [1.54, 1.807) is 22.7 Å². The highest BCUT2D eigenvalue weighted by molar-refractivity contribution is 7.09. The number of piperidine rings is 1. The van der Waals surface area contributed by atoms with Gasteiger partial charge < -0.3 is 10.2 Å². The molecule has 8 nitrogen and oxygen atoms in total. The number of thiazole rings is 2. The summed E-state index contributed by atoms with van der Waals surface area (Å²) in [5.74, 6) is -5.51. The number of rotatable bonds is 4. The first-order valence-electron chi connectivity index (χ1n) is 10.5. The molecule has 2 fully saturated rings. The van der Waals surface area contributed by atoms with Crippen molar-refractivity contribution < 1.29 is 46.1 Å². The number of halogens is 6. The van der Waals surface area contributed by atoms with Crippen molar-refractivity contribution in [1.82, 2.24) is 19.8 Å². The first kappa shape index (κ1) is 29.9. The van der Waals surface area contributed by atoms with Crippen LogP contribution in [0.4, 0.5) is 26.3 Å². The summed E-state index contributed by atoms with van der Waals surface area (Å²) in [6, 6.07) is 0. The van der Waals surface area contributed by atoms with Crippen LogP contribution in [-0.2, 0) is 22.7 Å². The highest BCUT2D eigenvalue weighted by atomic mass is 32.1. The molecule has 16 heteroatoms. The van der Waals surface area contributed by atoms with E-state index in [4.69, 9.17) is 19.8 Å². The second kappa shape index (κ2) is 12.8. The molecular formula is C20H24F6N4O4S2. The monoisotopic (exact) mass is 562 g/mol. The normalized spacial score (nSPS) is 18.2. The van der Waals surface area contributed by atoms with Crippen molar-refractivity contribution in [2.75, 3.05) is 26.2 Å². The first-order valence-corrected chi connectivity index (χ1v) is 12.3. The van der Waals surface area contributed by atoms with Crippen molar-refractivity contribution in [1.29, 1.82) is 0 Å². The van der Waals surface area contributed by atoms with Gasteiger partial charge in [-0.25, -0.2) is 19.6 Å². The fourth-order valence-electron chi connectivity index (χ4n) is 3.80. The van der Waals surface area contributed by atoms with Gasteiger partial charge in [0.05, 0.1) is 13.1 Å². The maximum absolute atomic E-state index is 10.6. The smallest absolute Gasteiger partial charge is 0.475 e. The Morgan fingerprint density at radius 3 is 1.50 bits per heavy atom. The van der Waals surface area contributed by atoms with Gasteiger partial charge in [0.1, 0.15) is 10.0 Å². The summed E-state index contributed by atoms with van der Waals surface area (Å²) in [6.07, 6.45) is -2.29. The molecule has 0 radical (unpaired) electrons. The summed E-state index contributed by atoms with van der Waals surface area (Å²) < 4.78 is 63.5. The molecule has 202 valence electrons. The number of carboxylic acid groups (broad SMARTS) is 2. The van der Waals surface area contributed by atoms with E-state index in [0.29, 0.717) is 5.41 Å². The first-order chi connectivity index (χ1) is 16.7. The molecule has 36 heavy (non-hydrogen) atoms. The molecule has 2 aromatic rings. The number of hydrogen-bond acceptors (Lipinski definition) is 8. The molecule has 0 aromatic carbocycles. The summed E-state index contributed by atoms with van der Waals surface area (Å²) >= 11 is 3.56. The Bertz CT molecular complexity index is 923. The number of aromatic nitrogens is 2. The SMILES string of the molecule is O=C(O)C(F)(F)F.O=C(O)C(F)(F)F.c1csc(CN2CCC3(CC2)CCN(Cc2nccs2)C3)n1. The average Bonchev–Trinajstić information content (AvgIpc) is 3.54. The van der Waals surface area contributed by atoms with Crippen LogP contribution >= 0.6 is 22.7 Å². The molecule has 2 N–H and O–H groups in total. The van der Waals surface area contributed by atoms with Crippen LogP contribution in [0.2, 0.25) is 0 Å². The highest BCUT2D eigenvalue weighted by Gasteiger charge is 2.41. The van der Waals surface area contributed by atoms with Crippen LogP contribution in [0.3, 0.4) is 0 Å². The minimum Gasteiger partial charge on any atom is -0.475 e. The van der Waals surface area contributed by atoms with E-state index in [-0.39, 0.29) is 0 Å². The van der Waals surface area contributed by atoms with Gasteiger partial charge in [-0.15, -0.1) is 22.7 Å². The predicted molar refractivity (Wildman–Crippen MR) is 118 cm³/mol. The number of aliphatic carboxylic acids is 2. The predicted octanol–water partition coefficient (Wildman–Crippen LogP) is 4.35. The third-order valence-corrected chi connectivity index (χ3v) is 7.13. The molecule has 4 rings (SSSR count). The van der Waals surface area contributed by atoms with Crippen LogP contribution in [0.1, 0.15) is 29.3 Å². The largest absolute Gasteiger partial charge is 0.490 e. The number of carboxylic acids is 2. The number of alkyl halides is 6. The lowest BCUT2D eigenvalue weighted by atomic mass is 9.78. The lowest BCUT2D eigenvalue weighted by Gasteiger charge is -2.39. The van der Waals surface area contributed by atoms with E-state index in [0.717, 1.165) is 13.1 Å². The van der Waals surface area contributed by atoms with E-state index in [1.165, 1.54) is 55.5 Å². The molecule has 0 bridgehead atoms. The van der Waals surface area contributed by atoms with Crippen LogP contribution in [-0.4, -0.2) is 80.5 Å². The topological polar surface area (TPSA) is 107 Å². The van der Waals surface area contributed by atoms with E-state index in [1.807, 2.05) is 12.4 Å². The molecule has 0 saturated carbocycles. The zero-order chi connectivity index (χ0) is 27.0. The molecule has 2 aliphatic rings. The molecule has 0 aliphatic carbocycles. The van der Waals surface area contributed by atoms with Gasteiger partial charge in [-0.05, 0) is 44.3 Å². The van der Waals surface area contributed by atoms with Gasteiger partial charge in [0, 0.05) is 29.7 Å². The third-order valence-electron chi connectivity index (χ3n) is 5.60. The fraction of sp³-hybridized carbons (Fsp3) is 0.600. The Labute approximate surface area is 210 Å². The lowest BCUT2D eigenvalue weighted by molar-refractivity contribution is -0.193. The van der Waals surface area contributed by atoms with Gasteiger partial charge >= 0.3 is 24.3 Å². The standard InChI is InChI=1S/C16H22N4S2.2C2HF3O2/c1-6-19(11-14-17-4-9-21-14)7-2-16(1)3-8-20(13-16)12-15-18-5-10-22-15;2*3-2(4,5)1(6)7/h4-5,9-10H,1-3,6-8,11-13H2;2*(H,6,7). The van der Waals surface area contributed by atoms with Gasteiger partial charge in [-0.1, -0.05) is 0 Å². The average molecular weight is 563 g/mol. The van der Waals surface area contributed by atoms with Crippen molar-refractivity contribution in [3.05, 3.63) is 33.2 Å².